The van der Waals surface area contributed by atoms with E-state index in [1.165, 1.54) is 25.6 Å². The van der Waals surface area contributed by atoms with Gasteiger partial charge in [0.1, 0.15) is 6.61 Å². The van der Waals surface area contributed by atoms with Gasteiger partial charge < -0.3 is 19.3 Å². The quantitative estimate of drug-likeness (QED) is 0.262. The molecule has 0 saturated carbocycles. The summed E-state index contributed by atoms with van der Waals surface area (Å²) >= 11 is 0. The Morgan fingerprint density at radius 3 is 2.29 bits per heavy atom. The Morgan fingerprint density at radius 1 is 0.921 bits per heavy atom. The predicted octanol–water partition coefficient (Wildman–Crippen LogP) is 3.14. The number of methoxy groups -OCH3 is 1. The minimum absolute atomic E-state index is 0. The van der Waals surface area contributed by atoms with Crippen molar-refractivity contribution in [2.75, 3.05) is 25.0 Å². The van der Waals surface area contributed by atoms with Gasteiger partial charge in [-0.2, -0.15) is 4.98 Å². The van der Waals surface area contributed by atoms with E-state index in [-0.39, 0.29) is 99.4 Å². The van der Waals surface area contributed by atoms with Crippen molar-refractivity contribution < 1.29 is 27.7 Å². The molecule has 0 unspecified atom stereocenters. The molecule has 0 bridgehead atoms. The number of anilines is 1. The van der Waals surface area contributed by atoms with Crippen LogP contribution in [-0.4, -0.2) is 105 Å². The Kier molecular flexibility index (Phi) is 11.2. The molecule has 13 heteroatoms. The van der Waals surface area contributed by atoms with Gasteiger partial charge >= 0.3 is 0 Å². The van der Waals surface area contributed by atoms with Crippen molar-refractivity contribution >= 4 is 73.3 Å². The summed E-state index contributed by atoms with van der Waals surface area (Å²) in [6, 6.07) is 17.3. The number of para-hydroxylation sites is 2. The number of hydrogen-bond acceptors (Lipinski definition) is 10. The Hall–Kier alpha value is -2.91. The van der Waals surface area contributed by atoms with Crippen LogP contribution in [0.5, 0.6) is 23.1 Å². The van der Waals surface area contributed by atoms with Crippen molar-refractivity contribution in [2.45, 2.75) is 0 Å². The molecule has 0 aliphatic rings. The van der Waals surface area contributed by atoms with Crippen molar-refractivity contribution in [1.82, 2.24) is 19.9 Å². The van der Waals surface area contributed by atoms with Gasteiger partial charge in [-0.15, -0.1) is 0 Å². The fraction of sp³-hybridized carbons (Fsp3) is 0.120. The van der Waals surface area contributed by atoms with E-state index in [9.17, 15) is 13.5 Å². The molecule has 2 aromatic heterocycles. The van der Waals surface area contributed by atoms with E-state index in [4.69, 9.17) is 14.2 Å². The molecule has 0 amide bonds. The smallest absolute Gasteiger partial charge is 0.263 e. The standard InChI is InChI=1S/C25H23N5O6S.K/c1-34-19-10-5-6-11-20(19)36-21-22(30-37(32,33)17-12-18-8-3-2-4-9-18)28-24(23-26-13-7-14-27-23)29-25(21)35-16-15-31;/h2-14,17,31H,15-16H2,1H3,(H,28,29,30);/b17-12+;. The van der Waals surface area contributed by atoms with Crippen LogP contribution < -0.4 is 18.9 Å². The monoisotopic (exact) mass is 560 g/mol. The molecule has 0 aliphatic heterocycles. The first-order valence-corrected chi connectivity index (χ1v) is 12.5. The SMILES string of the molecule is COc1ccccc1Oc1c(NS(=O)(=O)/C=C/c2ccccc2)nc(-c2ncccn2)nc1OCCO.[K]. The number of aliphatic hydroxyl groups excluding tert-OH is 1. The molecule has 11 nitrogen and oxygen atoms in total. The number of nitrogens with zero attached hydrogens (tertiary/aromatic N) is 4. The summed E-state index contributed by atoms with van der Waals surface area (Å²) < 4.78 is 45.4. The normalized spacial score (nSPS) is 11.0. The van der Waals surface area contributed by atoms with Crippen LogP contribution in [0.3, 0.4) is 0 Å². The number of sulfonamides is 1. The molecule has 191 valence electrons. The van der Waals surface area contributed by atoms with Gasteiger partial charge in [-0.05, 0) is 29.8 Å². The number of rotatable bonds is 11. The fourth-order valence-electron chi connectivity index (χ4n) is 3.06. The van der Waals surface area contributed by atoms with Crippen LogP contribution in [0.25, 0.3) is 17.7 Å². The zero-order chi connectivity index (χ0) is 26.1. The largest absolute Gasteiger partial charge is 0.493 e. The summed E-state index contributed by atoms with van der Waals surface area (Å²) in [5.74, 6) is 0.229. The second-order valence-electron chi connectivity index (χ2n) is 7.29. The van der Waals surface area contributed by atoms with E-state index in [0.29, 0.717) is 11.3 Å². The van der Waals surface area contributed by atoms with Gasteiger partial charge in [0.15, 0.2) is 23.1 Å². The summed E-state index contributed by atoms with van der Waals surface area (Å²) in [6.45, 7) is -0.468. The summed E-state index contributed by atoms with van der Waals surface area (Å²) in [6.07, 6.45) is 4.42. The Morgan fingerprint density at radius 2 is 1.61 bits per heavy atom. The molecule has 2 aromatic carbocycles. The number of aromatic nitrogens is 4. The topological polar surface area (TPSA) is 146 Å². The average molecular weight is 561 g/mol. The van der Waals surface area contributed by atoms with Crippen molar-refractivity contribution in [3.05, 3.63) is 84.0 Å². The fourth-order valence-corrected chi connectivity index (χ4v) is 3.87. The average Bonchev–Trinajstić information content (AvgIpc) is 2.93. The van der Waals surface area contributed by atoms with Gasteiger partial charge in [0, 0.05) is 63.8 Å². The molecule has 0 atom stereocenters. The maximum absolute atomic E-state index is 13.0. The first-order valence-electron chi connectivity index (χ1n) is 11.0. The van der Waals surface area contributed by atoms with E-state index < -0.39 is 10.0 Å². The second kappa shape index (κ2) is 14.3. The summed E-state index contributed by atoms with van der Waals surface area (Å²) in [4.78, 5) is 16.9. The van der Waals surface area contributed by atoms with Crippen LogP contribution in [0, 0.1) is 0 Å². The molecule has 4 aromatic rings. The van der Waals surface area contributed by atoms with Crippen molar-refractivity contribution in [3.63, 3.8) is 0 Å². The molecular formula is C25H23KN5O6S. The molecule has 2 heterocycles. The third kappa shape index (κ3) is 8.04. The van der Waals surface area contributed by atoms with E-state index in [2.05, 4.69) is 24.7 Å². The van der Waals surface area contributed by atoms with E-state index in [1.54, 1.807) is 54.6 Å². The van der Waals surface area contributed by atoms with Gasteiger partial charge in [0.05, 0.1) is 19.1 Å². The van der Waals surface area contributed by atoms with Gasteiger partial charge in [0.25, 0.3) is 15.9 Å². The van der Waals surface area contributed by atoms with Gasteiger partial charge in [-0.1, -0.05) is 42.5 Å². The van der Waals surface area contributed by atoms with E-state index in [0.717, 1.165) is 5.41 Å². The van der Waals surface area contributed by atoms with Crippen LogP contribution >= 0.6 is 0 Å². The van der Waals surface area contributed by atoms with Gasteiger partial charge in [-0.25, -0.2) is 23.4 Å². The number of benzene rings is 2. The number of hydrogen-bond donors (Lipinski definition) is 2. The minimum atomic E-state index is -4.08. The summed E-state index contributed by atoms with van der Waals surface area (Å²) in [5.41, 5.74) is 0.686. The molecule has 0 spiro atoms. The predicted molar refractivity (Wildman–Crippen MR) is 142 cm³/mol. The van der Waals surface area contributed by atoms with Gasteiger partial charge in [-0.3, -0.25) is 4.72 Å². The van der Waals surface area contributed by atoms with Crippen LogP contribution in [-0.2, 0) is 10.0 Å². The van der Waals surface area contributed by atoms with Crippen LogP contribution in [0.1, 0.15) is 5.56 Å². The zero-order valence-electron chi connectivity index (χ0n) is 20.7. The first kappa shape index (κ1) is 29.6. The zero-order valence-corrected chi connectivity index (χ0v) is 24.6. The molecule has 2 N–H and O–H groups in total. The second-order valence-corrected chi connectivity index (χ2v) is 8.85. The van der Waals surface area contributed by atoms with Crippen LogP contribution in [0.2, 0.25) is 0 Å². The minimum Gasteiger partial charge on any atom is -0.493 e. The molecule has 1 radical (unpaired) electrons. The molecule has 0 fully saturated rings. The molecule has 38 heavy (non-hydrogen) atoms. The Labute approximate surface area is 262 Å². The Bertz CT molecular complexity index is 1470. The molecule has 4 rings (SSSR count). The number of ether oxygens (including phenoxy) is 3. The molecular weight excluding hydrogens is 537 g/mol. The van der Waals surface area contributed by atoms with Crippen LogP contribution in [0.15, 0.2) is 78.5 Å². The van der Waals surface area contributed by atoms with Crippen molar-refractivity contribution in [2.24, 2.45) is 0 Å². The first-order chi connectivity index (χ1) is 18.0. The van der Waals surface area contributed by atoms with E-state index in [1.807, 2.05) is 6.07 Å². The summed E-state index contributed by atoms with van der Waals surface area (Å²) in [5, 5.41) is 10.3. The van der Waals surface area contributed by atoms with Gasteiger partial charge in [0.2, 0.25) is 11.6 Å². The van der Waals surface area contributed by atoms with Crippen LogP contribution in [0.4, 0.5) is 5.82 Å². The third-order valence-electron chi connectivity index (χ3n) is 4.69. The molecule has 0 saturated heterocycles. The number of nitrogens with one attached hydrogen (secondary N) is 1. The summed E-state index contributed by atoms with van der Waals surface area (Å²) in [7, 11) is -2.61. The Balaban J connectivity index is 0.00000400. The maximum Gasteiger partial charge on any atom is 0.263 e. The van der Waals surface area contributed by atoms with Crippen molar-refractivity contribution in [3.8, 4) is 34.8 Å². The third-order valence-corrected chi connectivity index (χ3v) is 5.66. The van der Waals surface area contributed by atoms with Crippen molar-refractivity contribution in [1.29, 1.82) is 0 Å². The maximum atomic E-state index is 13.0. The van der Waals surface area contributed by atoms with E-state index >= 15 is 0 Å². The molecule has 0 aliphatic carbocycles. The number of aliphatic hydroxyl groups is 1.